The standard InChI is InChI=1S/C26H24N2O3/c1-13-4-3-5-21(14(13)2)27-24(29)15-6-8-16(9-7-15)28-25(30)22-17-10-11-18(20-12-19(17)20)23(22)26(28)31/h3-11,17-20,22-23H,12H2,1-2H3,(H,27,29)/t17-,18-,19-,20+,22-,23+/m0/s1. The number of carbonyl (C=O) groups is 3. The second kappa shape index (κ2) is 6.39. The van der Waals surface area contributed by atoms with Crippen LogP contribution < -0.4 is 10.2 Å². The number of allylic oxidation sites excluding steroid dienone is 2. The van der Waals surface area contributed by atoms with Crippen LogP contribution in [0.4, 0.5) is 11.4 Å². The number of benzene rings is 2. The first kappa shape index (κ1) is 18.6. The van der Waals surface area contributed by atoms with E-state index >= 15 is 0 Å². The van der Waals surface area contributed by atoms with Crippen molar-refractivity contribution in [1.82, 2.24) is 0 Å². The molecule has 0 aromatic heterocycles. The second-order valence-corrected chi connectivity index (χ2v) is 9.41. The Labute approximate surface area is 181 Å². The van der Waals surface area contributed by atoms with Gasteiger partial charge in [0.15, 0.2) is 0 Å². The van der Waals surface area contributed by atoms with Gasteiger partial charge in [-0.05, 0) is 85.4 Å². The molecule has 4 aliphatic carbocycles. The van der Waals surface area contributed by atoms with Gasteiger partial charge in [-0.15, -0.1) is 0 Å². The fraction of sp³-hybridized carbons (Fsp3) is 0.346. The Balaban J connectivity index is 1.24. The van der Waals surface area contributed by atoms with Gasteiger partial charge in [0, 0.05) is 11.3 Å². The van der Waals surface area contributed by atoms with E-state index in [1.54, 1.807) is 24.3 Å². The fourth-order valence-corrected chi connectivity index (χ4v) is 6.05. The van der Waals surface area contributed by atoms with Gasteiger partial charge in [-0.2, -0.15) is 0 Å². The first-order valence-corrected chi connectivity index (χ1v) is 11.0. The number of hydrogen-bond donors (Lipinski definition) is 1. The zero-order valence-electron chi connectivity index (χ0n) is 17.5. The van der Waals surface area contributed by atoms with Crippen LogP contribution in [0.1, 0.15) is 27.9 Å². The largest absolute Gasteiger partial charge is 0.322 e. The van der Waals surface area contributed by atoms with Crippen LogP contribution in [0.2, 0.25) is 0 Å². The van der Waals surface area contributed by atoms with Crippen LogP contribution >= 0.6 is 0 Å². The molecule has 7 rings (SSSR count). The highest BCUT2D eigenvalue weighted by Gasteiger charge is 2.67. The van der Waals surface area contributed by atoms with Crippen LogP contribution in [0.5, 0.6) is 0 Å². The molecule has 2 saturated carbocycles. The van der Waals surface area contributed by atoms with Crippen molar-refractivity contribution >= 4 is 29.1 Å². The average molecular weight is 412 g/mol. The monoisotopic (exact) mass is 412 g/mol. The molecule has 2 aromatic rings. The molecule has 0 spiro atoms. The highest BCUT2D eigenvalue weighted by molar-refractivity contribution is 6.22. The summed E-state index contributed by atoms with van der Waals surface area (Å²) >= 11 is 0. The van der Waals surface area contributed by atoms with E-state index in [2.05, 4.69) is 17.5 Å². The van der Waals surface area contributed by atoms with E-state index in [1.807, 2.05) is 32.0 Å². The molecule has 1 N–H and O–H groups in total. The molecule has 2 aromatic carbocycles. The molecule has 5 heteroatoms. The van der Waals surface area contributed by atoms with E-state index in [-0.39, 0.29) is 41.4 Å². The number of anilines is 2. The average Bonchev–Trinajstić information content (AvgIpc) is 3.55. The summed E-state index contributed by atoms with van der Waals surface area (Å²) < 4.78 is 0. The maximum absolute atomic E-state index is 13.2. The highest BCUT2D eigenvalue weighted by atomic mass is 16.2. The molecule has 1 saturated heterocycles. The molecule has 3 amide bonds. The number of hydrogen-bond acceptors (Lipinski definition) is 3. The molecule has 0 radical (unpaired) electrons. The fourth-order valence-electron chi connectivity index (χ4n) is 6.05. The minimum Gasteiger partial charge on any atom is -0.322 e. The van der Waals surface area contributed by atoms with Gasteiger partial charge < -0.3 is 5.32 Å². The van der Waals surface area contributed by atoms with Gasteiger partial charge in [0.25, 0.3) is 5.91 Å². The zero-order chi connectivity index (χ0) is 21.4. The van der Waals surface area contributed by atoms with Gasteiger partial charge in [0.2, 0.25) is 11.8 Å². The van der Waals surface area contributed by atoms with Crippen LogP contribution in [0.3, 0.4) is 0 Å². The molecule has 0 unspecified atom stereocenters. The van der Waals surface area contributed by atoms with Gasteiger partial charge in [-0.25, -0.2) is 0 Å². The van der Waals surface area contributed by atoms with Crippen molar-refractivity contribution in [1.29, 1.82) is 0 Å². The maximum atomic E-state index is 13.2. The minimum absolute atomic E-state index is 0.0766. The molecule has 1 aliphatic heterocycles. The van der Waals surface area contributed by atoms with Gasteiger partial charge in [0.05, 0.1) is 17.5 Å². The molecular formula is C26H24N2O3. The molecular weight excluding hydrogens is 388 g/mol. The summed E-state index contributed by atoms with van der Waals surface area (Å²) in [5.41, 5.74) is 3.97. The van der Waals surface area contributed by atoms with Crippen LogP contribution in [-0.2, 0) is 9.59 Å². The van der Waals surface area contributed by atoms with Crippen molar-refractivity contribution in [2.24, 2.45) is 35.5 Å². The van der Waals surface area contributed by atoms with Crippen LogP contribution in [0, 0.1) is 49.4 Å². The first-order chi connectivity index (χ1) is 15.0. The number of aryl methyl sites for hydroxylation is 1. The lowest BCUT2D eigenvalue weighted by atomic mass is 9.63. The Bertz CT molecular complexity index is 1130. The van der Waals surface area contributed by atoms with Gasteiger partial charge in [0.1, 0.15) is 0 Å². The Morgan fingerprint density at radius 3 is 2.13 bits per heavy atom. The van der Waals surface area contributed by atoms with E-state index in [0.717, 1.165) is 23.2 Å². The number of carbonyl (C=O) groups excluding carboxylic acids is 3. The summed E-state index contributed by atoms with van der Waals surface area (Å²) in [5.74, 6) is 0.813. The third-order valence-corrected chi connectivity index (χ3v) is 7.90. The predicted molar refractivity (Wildman–Crippen MR) is 118 cm³/mol. The smallest absolute Gasteiger partial charge is 0.255 e. The van der Waals surface area contributed by atoms with Gasteiger partial charge >= 0.3 is 0 Å². The molecule has 5 nitrogen and oxygen atoms in total. The maximum Gasteiger partial charge on any atom is 0.255 e. The summed E-state index contributed by atoms with van der Waals surface area (Å²) in [5, 5.41) is 2.95. The molecule has 2 bridgehead atoms. The van der Waals surface area contributed by atoms with Crippen molar-refractivity contribution in [3.05, 3.63) is 71.3 Å². The minimum atomic E-state index is -0.213. The lowest BCUT2D eigenvalue weighted by Gasteiger charge is -2.37. The summed E-state index contributed by atoms with van der Waals surface area (Å²) in [7, 11) is 0. The normalized spacial score (nSPS) is 32.1. The van der Waals surface area contributed by atoms with Crippen LogP contribution in [0.25, 0.3) is 0 Å². The van der Waals surface area contributed by atoms with Gasteiger partial charge in [-0.3, -0.25) is 19.3 Å². The SMILES string of the molecule is Cc1cccc(NC(=O)c2ccc(N3C(=O)[C@@H]4[C@H]5C=C[C@@H]([C@@H]6C[C@H]56)[C@@H]4C3=O)cc2)c1C. The Morgan fingerprint density at radius 1 is 0.903 bits per heavy atom. The first-order valence-electron chi connectivity index (χ1n) is 11.0. The molecule has 5 aliphatic rings. The highest BCUT2D eigenvalue weighted by Crippen LogP contribution is 2.65. The van der Waals surface area contributed by atoms with E-state index in [9.17, 15) is 14.4 Å². The van der Waals surface area contributed by atoms with Crippen LogP contribution in [0.15, 0.2) is 54.6 Å². The quantitative estimate of drug-likeness (QED) is 0.609. The van der Waals surface area contributed by atoms with E-state index in [1.165, 1.54) is 4.90 Å². The number of amides is 3. The van der Waals surface area contributed by atoms with E-state index in [4.69, 9.17) is 0 Å². The molecule has 6 atom stereocenters. The molecule has 156 valence electrons. The Kier molecular flexibility index (Phi) is 3.83. The molecule has 1 heterocycles. The number of nitrogens with zero attached hydrogens (tertiary/aromatic N) is 1. The van der Waals surface area contributed by atoms with Crippen molar-refractivity contribution < 1.29 is 14.4 Å². The number of nitrogens with one attached hydrogen (secondary N) is 1. The predicted octanol–water partition coefficient (Wildman–Crippen LogP) is 4.11. The summed E-state index contributed by atoms with van der Waals surface area (Å²) in [6.45, 7) is 3.98. The topological polar surface area (TPSA) is 66.5 Å². The van der Waals surface area contributed by atoms with Crippen molar-refractivity contribution in [3.8, 4) is 0 Å². The number of imide groups is 1. The van der Waals surface area contributed by atoms with Crippen molar-refractivity contribution in [3.63, 3.8) is 0 Å². The summed E-state index contributed by atoms with van der Waals surface area (Å²) in [6.07, 6.45) is 5.50. The third-order valence-electron chi connectivity index (χ3n) is 7.90. The molecule has 31 heavy (non-hydrogen) atoms. The second-order valence-electron chi connectivity index (χ2n) is 9.41. The van der Waals surface area contributed by atoms with Gasteiger partial charge in [-0.1, -0.05) is 24.3 Å². The van der Waals surface area contributed by atoms with E-state index < -0.39 is 0 Å². The van der Waals surface area contributed by atoms with E-state index in [0.29, 0.717) is 23.1 Å². The lowest BCUT2D eigenvalue weighted by molar-refractivity contribution is -0.124. The van der Waals surface area contributed by atoms with Crippen molar-refractivity contribution in [2.45, 2.75) is 20.3 Å². The Morgan fingerprint density at radius 2 is 1.52 bits per heavy atom. The molecule has 3 fully saturated rings. The van der Waals surface area contributed by atoms with Crippen molar-refractivity contribution in [2.75, 3.05) is 10.2 Å². The Hall–Kier alpha value is -3.21. The zero-order valence-corrected chi connectivity index (χ0v) is 17.5. The summed E-state index contributed by atoms with van der Waals surface area (Å²) in [6, 6.07) is 12.6. The third kappa shape index (κ3) is 2.59. The van der Waals surface area contributed by atoms with Crippen LogP contribution in [-0.4, -0.2) is 17.7 Å². The lowest BCUT2D eigenvalue weighted by Crippen LogP contribution is -2.40. The number of rotatable bonds is 3. The summed E-state index contributed by atoms with van der Waals surface area (Å²) in [4.78, 5) is 40.5.